The molecular weight excluding hydrogens is 290 g/mol. The Hall–Kier alpha value is -1.55. The van der Waals surface area contributed by atoms with E-state index >= 15 is 0 Å². The molecule has 1 aromatic carbocycles. The number of carbonyl (C=O) groups is 2. The molecule has 5 heteroatoms. The normalized spacial score (nSPS) is 19.4. The zero-order chi connectivity index (χ0) is 15.6. The fraction of sp³-hybridized carbons (Fsp3) is 0.500. The lowest BCUT2D eigenvalue weighted by Gasteiger charge is -2.36. The minimum Gasteiger partial charge on any atom is -0.481 e. The topological polar surface area (TPSA) is 57.6 Å². The minimum atomic E-state index is -0.822. The van der Waals surface area contributed by atoms with Gasteiger partial charge in [-0.15, -0.1) is 0 Å². The Morgan fingerprint density at radius 1 is 1.29 bits per heavy atom. The number of halogens is 1. The van der Waals surface area contributed by atoms with E-state index in [1.54, 1.807) is 17.0 Å². The van der Waals surface area contributed by atoms with E-state index in [1.165, 1.54) is 0 Å². The van der Waals surface area contributed by atoms with Crippen LogP contribution < -0.4 is 0 Å². The molecule has 0 aliphatic carbocycles. The Balaban J connectivity index is 2.17. The molecule has 0 radical (unpaired) electrons. The molecule has 2 rings (SSSR count). The van der Waals surface area contributed by atoms with Gasteiger partial charge < -0.3 is 10.0 Å². The number of piperidine rings is 1. The highest BCUT2D eigenvalue weighted by Gasteiger charge is 2.37. The summed E-state index contributed by atoms with van der Waals surface area (Å²) in [5.41, 5.74) is 0.194. The van der Waals surface area contributed by atoms with Crippen molar-refractivity contribution in [2.24, 2.45) is 5.92 Å². The Kier molecular flexibility index (Phi) is 4.57. The number of hydrogen-bond donors (Lipinski definition) is 1. The maximum Gasteiger partial charge on any atom is 0.308 e. The van der Waals surface area contributed by atoms with Crippen molar-refractivity contribution in [2.45, 2.75) is 32.1 Å². The van der Waals surface area contributed by atoms with E-state index < -0.39 is 17.3 Å². The quantitative estimate of drug-likeness (QED) is 0.934. The van der Waals surface area contributed by atoms with Gasteiger partial charge in [0.05, 0.1) is 11.3 Å². The number of amides is 1. The second-order valence-corrected chi connectivity index (χ2v) is 6.50. The van der Waals surface area contributed by atoms with Crippen molar-refractivity contribution in [2.75, 3.05) is 13.1 Å². The number of carboxylic acids is 1. The first-order valence-electron chi connectivity index (χ1n) is 7.10. The standard InChI is InChI=1S/C16H20ClNO3/c1-16(2,12-5-7-13(17)8-6-12)15(21)18-9-3-4-11(10-18)14(19)20/h5-8,11H,3-4,9-10H2,1-2H3,(H,19,20). The van der Waals surface area contributed by atoms with Gasteiger partial charge in [-0.1, -0.05) is 23.7 Å². The molecule has 1 heterocycles. The second-order valence-electron chi connectivity index (χ2n) is 6.06. The number of rotatable bonds is 3. The van der Waals surface area contributed by atoms with Crippen molar-refractivity contribution in [3.8, 4) is 0 Å². The Morgan fingerprint density at radius 2 is 1.90 bits per heavy atom. The highest BCUT2D eigenvalue weighted by molar-refractivity contribution is 6.30. The van der Waals surface area contributed by atoms with Crippen molar-refractivity contribution in [3.05, 3.63) is 34.9 Å². The van der Waals surface area contributed by atoms with Crippen molar-refractivity contribution < 1.29 is 14.7 Å². The van der Waals surface area contributed by atoms with E-state index in [0.717, 1.165) is 12.0 Å². The number of aliphatic carboxylic acids is 1. The van der Waals surface area contributed by atoms with Crippen LogP contribution in [0, 0.1) is 5.92 Å². The Morgan fingerprint density at radius 3 is 2.48 bits per heavy atom. The largest absolute Gasteiger partial charge is 0.481 e. The lowest BCUT2D eigenvalue weighted by Crippen LogP contribution is -2.49. The van der Waals surface area contributed by atoms with Crippen LogP contribution in [0.1, 0.15) is 32.3 Å². The van der Waals surface area contributed by atoms with Crippen LogP contribution in [0.2, 0.25) is 5.02 Å². The molecule has 1 N–H and O–H groups in total. The smallest absolute Gasteiger partial charge is 0.308 e. The zero-order valence-electron chi connectivity index (χ0n) is 12.3. The first-order chi connectivity index (χ1) is 9.82. The molecule has 0 saturated carbocycles. The average molecular weight is 310 g/mol. The molecule has 1 unspecified atom stereocenters. The molecule has 1 aliphatic heterocycles. The van der Waals surface area contributed by atoms with E-state index in [-0.39, 0.29) is 5.91 Å². The Labute approximate surface area is 129 Å². The third-order valence-corrected chi connectivity index (χ3v) is 4.41. The predicted molar refractivity (Wildman–Crippen MR) is 81.4 cm³/mol. The van der Waals surface area contributed by atoms with E-state index in [4.69, 9.17) is 16.7 Å². The van der Waals surface area contributed by atoms with Crippen LogP contribution in [0.4, 0.5) is 0 Å². The van der Waals surface area contributed by atoms with Crippen molar-refractivity contribution in [3.63, 3.8) is 0 Å². The van der Waals surface area contributed by atoms with Crippen molar-refractivity contribution >= 4 is 23.5 Å². The molecule has 1 amide bonds. The molecule has 0 bridgehead atoms. The van der Waals surface area contributed by atoms with Crippen LogP contribution in [0.3, 0.4) is 0 Å². The number of carbonyl (C=O) groups excluding carboxylic acids is 1. The molecule has 1 aliphatic rings. The molecule has 1 atom stereocenters. The van der Waals surface area contributed by atoms with Gasteiger partial charge in [0, 0.05) is 18.1 Å². The maximum atomic E-state index is 12.8. The predicted octanol–water partition coefficient (Wildman–Crippen LogP) is 2.94. The molecule has 21 heavy (non-hydrogen) atoms. The van der Waals surface area contributed by atoms with Crippen molar-refractivity contribution in [1.82, 2.24) is 4.90 Å². The van der Waals surface area contributed by atoms with Crippen LogP contribution >= 0.6 is 11.6 Å². The van der Waals surface area contributed by atoms with E-state index in [2.05, 4.69) is 0 Å². The number of hydrogen-bond acceptors (Lipinski definition) is 2. The van der Waals surface area contributed by atoms with Crippen LogP contribution in [0.15, 0.2) is 24.3 Å². The summed E-state index contributed by atoms with van der Waals surface area (Å²) >= 11 is 5.88. The lowest BCUT2D eigenvalue weighted by atomic mass is 9.82. The third-order valence-electron chi connectivity index (χ3n) is 4.16. The highest BCUT2D eigenvalue weighted by Crippen LogP contribution is 2.29. The summed E-state index contributed by atoms with van der Waals surface area (Å²) in [6, 6.07) is 7.22. The molecule has 1 saturated heterocycles. The zero-order valence-corrected chi connectivity index (χ0v) is 13.1. The summed E-state index contributed by atoms with van der Waals surface area (Å²) in [5, 5.41) is 9.77. The first kappa shape index (κ1) is 15.8. The van der Waals surface area contributed by atoms with Gasteiger partial charge in [-0.2, -0.15) is 0 Å². The molecule has 1 aromatic rings. The van der Waals surface area contributed by atoms with Crippen molar-refractivity contribution in [1.29, 1.82) is 0 Å². The molecule has 114 valence electrons. The third kappa shape index (κ3) is 3.38. The number of likely N-dealkylation sites (tertiary alicyclic amines) is 1. The van der Waals surface area contributed by atoms with E-state index in [0.29, 0.717) is 24.5 Å². The monoisotopic (exact) mass is 309 g/mol. The number of benzene rings is 1. The average Bonchev–Trinajstić information content (AvgIpc) is 2.47. The van der Waals surface area contributed by atoms with Gasteiger partial charge in [-0.05, 0) is 44.4 Å². The van der Waals surface area contributed by atoms with E-state index in [9.17, 15) is 9.59 Å². The summed E-state index contributed by atoms with van der Waals surface area (Å²) < 4.78 is 0. The number of carboxylic acid groups (broad SMARTS) is 1. The molecular formula is C16H20ClNO3. The molecule has 4 nitrogen and oxygen atoms in total. The van der Waals surface area contributed by atoms with Gasteiger partial charge in [0.1, 0.15) is 0 Å². The molecule has 1 fully saturated rings. The summed E-state index contributed by atoms with van der Waals surface area (Å²) in [7, 11) is 0. The van der Waals surface area contributed by atoms with Crippen LogP contribution in [0.5, 0.6) is 0 Å². The van der Waals surface area contributed by atoms with Crippen LogP contribution in [-0.4, -0.2) is 35.0 Å². The summed E-state index contributed by atoms with van der Waals surface area (Å²) in [6.07, 6.45) is 1.37. The van der Waals surface area contributed by atoms with Gasteiger partial charge in [0.2, 0.25) is 5.91 Å². The summed E-state index contributed by atoms with van der Waals surface area (Å²) in [5.74, 6) is -1.31. The van der Waals surface area contributed by atoms with Gasteiger partial charge >= 0.3 is 5.97 Å². The Bertz CT molecular complexity index is 539. The van der Waals surface area contributed by atoms with Gasteiger partial charge in [0.25, 0.3) is 0 Å². The lowest BCUT2D eigenvalue weighted by molar-refractivity contribution is -0.147. The minimum absolute atomic E-state index is 0.0317. The van der Waals surface area contributed by atoms with Gasteiger partial charge in [0.15, 0.2) is 0 Å². The maximum absolute atomic E-state index is 12.8. The fourth-order valence-electron chi connectivity index (χ4n) is 2.75. The summed E-state index contributed by atoms with van der Waals surface area (Å²) in [6.45, 7) is 4.65. The molecule has 0 aromatic heterocycles. The van der Waals surface area contributed by atoms with Gasteiger partial charge in [-0.25, -0.2) is 0 Å². The second kappa shape index (κ2) is 6.06. The highest BCUT2D eigenvalue weighted by atomic mass is 35.5. The SMILES string of the molecule is CC(C)(C(=O)N1CCCC(C(=O)O)C1)c1ccc(Cl)cc1. The van der Waals surface area contributed by atoms with Crippen LogP contribution in [0.25, 0.3) is 0 Å². The number of nitrogens with zero attached hydrogens (tertiary/aromatic N) is 1. The van der Waals surface area contributed by atoms with Crippen LogP contribution in [-0.2, 0) is 15.0 Å². The molecule has 0 spiro atoms. The summed E-state index contributed by atoms with van der Waals surface area (Å²) in [4.78, 5) is 25.6. The fourth-order valence-corrected chi connectivity index (χ4v) is 2.87. The first-order valence-corrected chi connectivity index (χ1v) is 7.48. The van der Waals surface area contributed by atoms with Gasteiger partial charge in [-0.3, -0.25) is 9.59 Å². The van der Waals surface area contributed by atoms with E-state index in [1.807, 2.05) is 26.0 Å².